The molecule has 0 N–H and O–H groups in total. The normalized spacial score (nSPS) is 19.1. The standard InChI is InChI=1S/C11H8ClNO3/c12-7-3-8(11(1-2-11)13-5-14)10-9(4-7)15-6-16-10/h3-4H,1-2,6H2. The van der Waals surface area contributed by atoms with Crippen molar-refractivity contribution in [1.29, 1.82) is 0 Å². The van der Waals surface area contributed by atoms with Crippen LogP contribution in [-0.4, -0.2) is 12.9 Å². The second-order valence-electron chi connectivity index (χ2n) is 3.92. The predicted octanol–water partition coefficient (Wildman–Crippen LogP) is 2.39. The molecule has 82 valence electrons. The molecule has 3 rings (SSSR count). The molecule has 1 aliphatic heterocycles. The smallest absolute Gasteiger partial charge is 0.235 e. The van der Waals surface area contributed by atoms with E-state index in [0.717, 1.165) is 18.4 Å². The van der Waals surface area contributed by atoms with Crippen molar-refractivity contribution in [1.82, 2.24) is 0 Å². The fourth-order valence-electron chi connectivity index (χ4n) is 1.97. The van der Waals surface area contributed by atoms with E-state index in [2.05, 4.69) is 4.99 Å². The summed E-state index contributed by atoms with van der Waals surface area (Å²) < 4.78 is 10.7. The third-order valence-corrected chi connectivity index (χ3v) is 3.14. The van der Waals surface area contributed by atoms with Crippen LogP contribution in [0, 0.1) is 0 Å². The summed E-state index contributed by atoms with van der Waals surface area (Å²) in [4.78, 5) is 14.3. The van der Waals surface area contributed by atoms with Gasteiger partial charge in [0.05, 0.1) is 0 Å². The molecular formula is C11H8ClNO3. The fourth-order valence-corrected chi connectivity index (χ4v) is 2.18. The van der Waals surface area contributed by atoms with Crippen molar-refractivity contribution >= 4 is 17.7 Å². The van der Waals surface area contributed by atoms with Gasteiger partial charge in [-0.15, -0.1) is 0 Å². The summed E-state index contributed by atoms with van der Waals surface area (Å²) >= 11 is 5.99. The van der Waals surface area contributed by atoms with E-state index in [1.807, 2.05) is 0 Å². The molecule has 0 radical (unpaired) electrons. The van der Waals surface area contributed by atoms with E-state index in [1.54, 1.807) is 18.2 Å². The summed E-state index contributed by atoms with van der Waals surface area (Å²) in [7, 11) is 0. The monoisotopic (exact) mass is 237 g/mol. The number of nitrogens with zero attached hydrogens (tertiary/aromatic N) is 1. The molecule has 2 aliphatic rings. The van der Waals surface area contributed by atoms with E-state index >= 15 is 0 Å². The van der Waals surface area contributed by atoms with E-state index in [1.165, 1.54) is 0 Å². The van der Waals surface area contributed by atoms with Crippen molar-refractivity contribution in [3.63, 3.8) is 0 Å². The van der Waals surface area contributed by atoms with Crippen molar-refractivity contribution in [3.8, 4) is 11.5 Å². The topological polar surface area (TPSA) is 47.9 Å². The van der Waals surface area contributed by atoms with Crippen LogP contribution in [0.3, 0.4) is 0 Å². The second kappa shape index (κ2) is 3.24. The van der Waals surface area contributed by atoms with Gasteiger partial charge >= 0.3 is 0 Å². The molecule has 0 amide bonds. The Balaban J connectivity index is 2.17. The molecular weight excluding hydrogens is 230 g/mol. The average Bonchev–Trinajstić information content (AvgIpc) is 2.88. The average molecular weight is 238 g/mol. The molecule has 0 bridgehead atoms. The molecule has 1 heterocycles. The first-order valence-electron chi connectivity index (χ1n) is 4.94. The number of hydrogen-bond acceptors (Lipinski definition) is 4. The number of aliphatic imine (C=N–C) groups is 1. The molecule has 1 aromatic carbocycles. The van der Waals surface area contributed by atoms with Crippen LogP contribution in [-0.2, 0) is 10.3 Å². The maximum atomic E-state index is 10.4. The third-order valence-electron chi connectivity index (χ3n) is 2.92. The van der Waals surface area contributed by atoms with Gasteiger partial charge < -0.3 is 9.47 Å². The van der Waals surface area contributed by atoms with Gasteiger partial charge in [0.25, 0.3) is 0 Å². The second-order valence-corrected chi connectivity index (χ2v) is 4.36. The Morgan fingerprint density at radius 1 is 1.38 bits per heavy atom. The zero-order chi connectivity index (χ0) is 11.2. The van der Waals surface area contributed by atoms with Crippen molar-refractivity contribution in [2.24, 2.45) is 4.99 Å². The number of fused-ring (bicyclic) bond motifs is 1. The number of benzene rings is 1. The first kappa shape index (κ1) is 9.70. The SMILES string of the molecule is O=C=NC1(c2cc(Cl)cc3c2OCO3)CC1. The molecule has 1 aliphatic carbocycles. The molecule has 1 saturated carbocycles. The molecule has 0 saturated heterocycles. The summed E-state index contributed by atoms with van der Waals surface area (Å²) in [6.07, 6.45) is 3.25. The number of rotatable bonds is 2. The van der Waals surface area contributed by atoms with Crippen molar-refractivity contribution in [3.05, 3.63) is 22.7 Å². The lowest BCUT2D eigenvalue weighted by Gasteiger charge is -2.11. The zero-order valence-electron chi connectivity index (χ0n) is 8.33. The lowest BCUT2D eigenvalue weighted by atomic mass is 10.0. The molecule has 1 aromatic rings. The Kier molecular flexibility index (Phi) is 1.96. The van der Waals surface area contributed by atoms with E-state index < -0.39 is 5.54 Å². The highest BCUT2D eigenvalue weighted by atomic mass is 35.5. The highest BCUT2D eigenvalue weighted by molar-refractivity contribution is 6.30. The first-order valence-corrected chi connectivity index (χ1v) is 5.32. The quantitative estimate of drug-likeness (QED) is 0.586. The van der Waals surface area contributed by atoms with E-state index in [0.29, 0.717) is 16.5 Å². The molecule has 0 unspecified atom stereocenters. The van der Waals surface area contributed by atoms with Gasteiger partial charge in [0, 0.05) is 16.7 Å². The number of hydrogen-bond donors (Lipinski definition) is 0. The summed E-state index contributed by atoms with van der Waals surface area (Å²) in [6, 6.07) is 3.48. The van der Waals surface area contributed by atoms with Crippen LogP contribution >= 0.6 is 11.6 Å². The number of isocyanates is 1. The van der Waals surface area contributed by atoms with Crippen molar-refractivity contribution in [2.45, 2.75) is 18.4 Å². The molecule has 0 atom stereocenters. The zero-order valence-corrected chi connectivity index (χ0v) is 9.08. The van der Waals surface area contributed by atoms with E-state index in [4.69, 9.17) is 21.1 Å². The molecule has 5 heteroatoms. The van der Waals surface area contributed by atoms with Gasteiger partial charge in [-0.05, 0) is 18.9 Å². The van der Waals surface area contributed by atoms with Gasteiger partial charge in [0.2, 0.25) is 12.9 Å². The largest absolute Gasteiger partial charge is 0.454 e. The highest BCUT2D eigenvalue weighted by Gasteiger charge is 2.48. The lowest BCUT2D eigenvalue weighted by Crippen LogP contribution is -2.04. The van der Waals surface area contributed by atoms with Gasteiger partial charge in [0.15, 0.2) is 11.5 Å². The minimum atomic E-state index is -0.482. The van der Waals surface area contributed by atoms with Gasteiger partial charge in [-0.2, -0.15) is 4.99 Å². The fraction of sp³-hybridized carbons (Fsp3) is 0.364. The Bertz CT molecular complexity index is 504. The van der Waals surface area contributed by atoms with E-state index in [9.17, 15) is 4.79 Å². The summed E-state index contributed by atoms with van der Waals surface area (Å²) in [5, 5.41) is 0.562. The molecule has 16 heavy (non-hydrogen) atoms. The Hall–Kier alpha value is -1.51. The summed E-state index contributed by atoms with van der Waals surface area (Å²) in [5.74, 6) is 1.27. The predicted molar refractivity (Wildman–Crippen MR) is 56.6 cm³/mol. The Morgan fingerprint density at radius 2 is 2.19 bits per heavy atom. The van der Waals surface area contributed by atoms with Crippen LogP contribution < -0.4 is 9.47 Å². The maximum absolute atomic E-state index is 10.4. The van der Waals surface area contributed by atoms with Crippen LogP contribution in [0.15, 0.2) is 17.1 Å². The minimum absolute atomic E-state index is 0.184. The minimum Gasteiger partial charge on any atom is -0.454 e. The van der Waals surface area contributed by atoms with Gasteiger partial charge in [-0.1, -0.05) is 11.6 Å². The number of ether oxygens (including phenoxy) is 2. The number of carbonyl (C=O) groups excluding carboxylic acids is 1. The van der Waals surface area contributed by atoms with Gasteiger partial charge in [-0.25, -0.2) is 4.79 Å². The summed E-state index contributed by atoms with van der Waals surface area (Å²) in [6.45, 7) is 0.184. The molecule has 1 fully saturated rings. The van der Waals surface area contributed by atoms with Crippen LogP contribution in [0.25, 0.3) is 0 Å². The van der Waals surface area contributed by atoms with Crippen LogP contribution in [0.5, 0.6) is 11.5 Å². The van der Waals surface area contributed by atoms with Crippen LogP contribution in [0.2, 0.25) is 5.02 Å². The van der Waals surface area contributed by atoms with Crippen LogP contribution in [0.1, 0.15) is 18.4 Å². The molecule has 0 spiro atoms. The lowest BCUT2D eigenvalue weighted by molar-refractivity contribution is 0.173. The summed E-state index contributed by atoms with van der Waals surface area (Å²) in [5.41, 5.74) is 0.348. The molecule has 4 nitrogen and oxygen atoms in total. The van der Waals surface area contributed by atoms with Gasteiger partial charge in [-0.3, -0.25) is 0 Å². The van der Waals surface area contributed by atoms with Gasteiger partial charge in [0.1, 0.15) is 5.54 Å². The molecule has 0 aromatic heterocycles. The van der Waals surface area contributed by atoms with Crippen molar-refractivity contribution in [2.75, 3.05) is 6.79 Å². The highest BCUT2D eigenvalue weighted by Crippen LogP contribution is 2.55. The van der Waals surface area contributed by atoms with Crippen molar-refractivity contribution < 1.29 is 14.3 Å². The van der Waals surface area contributed by atoms with Crippen LogP contribution in [0.4, 0.5) is 0 Å². The third kappa shape index (κ3) is 1.31. The maximum Gasteiger partial charge on any atom is 0.235 e. The Morgan fingerprint density at radius 3 is 2.88 bits per heavy atom. The van der Waals surface area contributed by atoms with E-state index in [-0.39, 0.29) is 6.79 Å². The first-order chi connectivity index (χ1) is 7.75. The Labute approximate surface area is 96.8 Å². The number of halogens is 1.